The van der Waals surface area contributed by atoms with E-state index in [1.54, 1.807) is 24.3 Å². The number of aromatic nitrogens is 1. The van der Waals surface area contributed by atoms with Crippen LogP contribution in [0.3, 0.4) is 0 Å². The molecule has 1 aromatic carbocycles. The standard InChI is InChI=1S/C17H20BrN3O4S2/c18-16-5-1-2-6-17(16)26(22,23)20-12-14-7-10-21(11-8-14)27(24,25)15-4-3-9-19-13-15/h1-6,9,13-14,20H,7-8,10-12H2. The average molecular weight is 474 g/mol. The fraction of sp³-hybridized carbons (Fsp3) is 0.353. The van der Waals surface area contributed by atoms with Gasteiger partial charge in [-0.3, -0.25) is 4.98 Å². The SMILES string of the molecule is O=S(=O)(NCC1CCN(S(=O)(=O)c2cccnc2)CC1)c1ccccc1Br. The Morgan fingerprint density at radius 1 is 1.07 bits per heavy atom. The van der Waals surface area contributed by atoms with Gasteiger partial charge in [0.1, 0.15) is 4.90 Å². The third-order valence-corrected chi connectivity index (χ3v) is 8.85. The minimum Gasteiger partial charge on any atom is -0.263 e. The maximum atomic E-state index is 12.6. The summed E-state index contributed by atoms with van der Waals surface area (Å²) in [6.07, 6.45) is 4.06. The van der Waals surface area contributed by atoms with Crippen molar-refractivity contribution in [3.63, 3.8) is 0 Å². The second kappa shape index (κ2) is 8.36. The molecule has 2 aromatic rings. The molecule has 0 amide bonds. The first-order valence-electron chi connectivity index (χ1n) is 8.45. The van der Waals surface area contributed by atoms with Crippen molar-refractivity contribution >= 4 is 36.0 Å². The topological polar surface area (TPSA) is 96.4 Å². The zero-order chi connectivity index (χ0) is 19.5. The normalized spacial score (nSPS) is 17.1. The van der Waals surface area contributed by atoms with E-state index in [0.717, 1.165) is 0 Å². The summed E-state index contributed by atoms with van der Waals surface area (Å²) in [4.78, 5) is 4.24. The smallest absolute Gasteiger partial charge is 0.244 e. The first-order chi connectivity index (χ1) is 12.8. The molecule has 146 valence electrons. The predicted octanol–water partition coefficient (Wildman–Crippen LogP) is 2.22. The van der Waals surface area contributed by atoms with Gasteiger partial charge < -0.3 is 0 Å². The largest absolute Gasteiger partial charge is 0.263 e. The molecule has 2 heterocycles. The van der Waals surface area contributed by atoms with Crippen LogP contribution in [0, 0.1) is 5.92 Å². The number of pyridine rings is 1. The molecule has 1 N–H and O–H groups in total. The van der Waals surface area contributed by atoms with Crippen molar-refractivity contribution in [2.45, 2.75) is 22.6 Å². The third-order valence-electron chi connectivity index (χ3n) is 4.53. The molecule has 1 fully saturated rings. The molecule has 0 atom stereocenters. The minimum absolute atomic E-state index is 0.0858. The summed E-state index contributed by atoms with van der Waals surface area (Å²) in [5.74, 6) is 0.0858. The molecule has 1 saturated heterocycles. The Balaban J connectivity index is 1.58. The molecule has 1 aliphatic rings. The zero-order valence-electron chi connectivity index (χ0n) is 14.5. The van der Waals surface area contributed by atoms with Gasteiger partial charge in [-0.05, 0) is 59.0 Å². The number of benzene rings is 1. The van der Waals surface area contributed by atoms with Crippen molar-refractivity contribution in [2.24, 2.45) is 5.92 Å². The van der Waals surface area contributed by atoms with E-state index in [-0.39, 0.29) is 22.3 Å². The van der Waals surface area contributed by atoms with Crippen LogP contribution in [0.4, 0.5) is 0 Å². The minimum atomic E-state index is -3.61. The maximum absolute atomic E-state index is 12.6. The van der Waals surface area contributed by atoms with Crippen molar-refractivity contribution in [1.82, 2.24) is 14.0 Å². The summed E-state index contributed by atoms with van der Waals surface area (Å²) in [5, 5.41) is 0. The van der Waals surface area contributed by atoms with Crippen molar-refractivity contribution in [3.05, 3.63) is 53.3 Å². The van der Waals surface area contributed by atoms with Crippen molar-refractivity contribution in [2.75, 3.05) is 19.6 Å². The highest BCUT2D eigenvalue weighted by Gasteiger charge is 2.30. The molecular formula is C17H20BrN3O4S2. The lowest BCUT2D eigenvalue weighted by atomic mass is 9.99. The summed E-state index contributed by atoms with van der Waals surface area (Å²) >= 11 is 3.25. The Hall–Kier alpha value is -1.33. The van der Waals surface area contributed by atoms with Gasteiger partial charge in [0.2, 0.25) is 20.0 Å². The van der Waals surface area contributed by atoms with Gasteiger partial charge in [-0.1, -0.05) is 12.1 Å². The van der Waals surface area contributed by atoms with Gasteiger partial charge in [-0.2, -0.15) is 4.31 Å². The molecule has 10 heteroatoms. The summed E-state index contributed by atoms with van der Waals surface area (Å²) in [6.45, 7) is 1.00. The first-order valence-corrected chi connectivity index (χ1v) is 12.2. The van der Waals surface area contributed by atoms with Crippen molar-refractivity contribution < 1.29 is 16.8 Å². The number of hydrogen-bond acceptors (Lipinski definition) is 5. The van der Waals surface area contributed by atoms with E-state index < -0.39 is 20.0 Å². The van der Waals surface area contributed by atoms with Crippen LogP contribution in [0.2, 0.25) is 0 Å². The van der Waals surface area contributed by atoms with E-state index in [1.165, 1.54) is 28.8 Å². The fourth-order valence-corrected chi connectivity index (χ4v) is 6.52. The molecule has 1 aliphatic heterocycles. The summed E-state index contributed by atoms with van der Waals surface area (Å²) in [7, 11) is -7.16. The monoisotopic (exact) mass is 473 g/mol. The highest BCUT2D eigenvalue weighted by atomic mass is 79.9. The second-order valence-corrected chi connectivity index (χ2v) is 10.8. The van der Waals surface area contributed by atoms with Crippen LogP contribution in [0.5, 0.6) is 0 Å². The van der Waals surface area contributed by atoms with Crippen molar-refractivity contribution in [3.8, 4) is 0 Å². The third kappa shape index (κ3) is 4.75. The number of piperidine rings is 1. The van der Waals surface area contributed by atoms with Gasteiger partial charge in [0, 0.05) is 36.5 Å². The maximum Gasteiger partial charge on any atom is 0.244 e. The number of sulfonamides is 2. The Kier molecular flexibility index (Phi) is 6.32. The first kappa shape index (κ1) is 20.4. The van der Waals surface area contributed by atoms with E-state index in [2.05, 4.69) is 25.6 Å². The number of nitrogens with zero attached hydrogens (tertiary/aromatic N) is 2. The van der Waals surface area contributed by atoms with Crippen LogP contribution in [0.15, 0.2) is 63.1 Å². The van der Waals surface area contributed by atoms with E-state index in [9.17, 15) is 16.8 Å². The van der Waals surface area contributed by atoms with Gasteiger partial charge >= 0.3 is 0 Å². The molecular weight excluding hydrogens is 454 g/mol. The number of halogens is 1. The molecule has 0 bridgehead atoms. The van der Waals surface area contributed by atoms with Gasteiger partial charge in [-0.15, -0.1) is 0 Å². The Labute approximate surface area is 168 Å². The van der Waals surface area contributed by atoms with E-state index >= 15 is 0 Å². The molecule has 0 radical (unpaired) electrons. The lowest BCUT2D eigenvalue weighted by Gasteiger charge is -2.31. The van der Waals surface area contributed by atoms with Gasteiger partial charge in [0.15, 0.2) is 0 Å². The molecule has 0 aliphatic carbocycles. The molecule has 3 rings (SSSR count). The highest BCUT2D eigenvalue weighted by molar-refractivity contribution is 9.10. The summed E-state index contributed by atoms with van der Waals surface area (Å²) in [5.41, 5.74) is 0. The van der Waals surface area contributed by atoms with E-state index in [1.807, 2.05) is 0 Å². The number of rotatable bonds is 6. The van der Waals surface area contributed by atoms with Crippen LogP contribution < -0.4 is 4.72 Å². The summed E-state index contributed by atoms with van der Waals surface area (Å²) < 4.78 is 54.7. The fourth-order valence-electron chi connectivity index (χ4n) is 2.97. The second-order valence-electron chi connectivity index (χ2n) is 6.32. The predicted molar refractivity (Wildman–Crippen MR) is 105 cm³/mol. The quantitative estimate of drug-likeness (QED) is 0.693. The van der Waals surface area contributed by atoms with Crippen LogP contribution >= 0.6 is 15.9 Å². The number of hydrogen-bond donors (Lipinski definition) is 1. The number of nitrogens with one attached hydrogen (secondary N) is 1. The molecule has 7 nitrogen and oxygen atoms in total. The van der Waals surface area contributed by atoms with Gasteiger partial charge in [0.05, 0.1) is 4.90 Å². The molecule has 27 heavy (non-hydrogen) atoms. The molecule has 1 aromatic heterocycles. The lowest BCUT2D eigenvalue weighted by molar-refractivity contribution is 0.274. The molecule has 0 saturated carbocycles. The Morgan fingerprint density at radius 3 is 2.41 bits per heavy atom. The highest BCUT2D eigenvalue weighted by Crippen LogP contribution is 2.24. The van der Waals surface area contributed by atoms with E-state index in [4.69, 9.17) is 0 Å². The summed E-state index contributed by atoms with van der Waals surface area (Å²) in [6, 6.07) is 9.75. The van der Waals surface area contributed by atoms with Crippen LogP contribution in [-0.2, 0) is 20.0 Å². The van der Waals surface area contributed by atoms with Crippen LogP contribution in [0.1, 0.15) is 12.8 Å². The lowest BCUT2D eigenvalue weighted by Crippen LogP contribution is -2.41. The zero-order valence-corrected chi connectivity index (χ0v) is 17.7. The van der Waals surface area contributed by atoms with Crippen molar-refractivity contribution in [1.29, 1.82) is 0 Å². The molecule has 0 unspecified atom stereocenters. The Morgan fingerprint density at radius 2 is 1.78 bits per heavy atom. The average Bonchev–Trinajstić information content (AvgIpc) is 2.68. The van der Waals surface area contributed by atoms with Gasteiger partial charge in [-0.25, -0.2) is 21.6 Å². The van der Waals surface area contributed by atoms with Crippen LogP contribution in [0.25, 0.3) is 0 Å². The van der Waals surface area contributed by atoms with Crippen LogP contribution in [-0.4, -0.2) is 45.8 Å². The van der Waals surface area contributed by atoms with Gasteiger partial charge in [0.25, 0.3) is 0 Å². The Bertz CT molecular complexity index is 990. The molecule has 0 spiro atoms. The van der Waals surface area contributed by atoms with E-state index in [0.29, 0.717) is 30.4 Å².